The Hall–Kier alpha value is -3.33. The highest BCUT2D eigenvalue weighted by Gasteiger charge is 2.30. The van der Waals surface area contributed by atoms with Gasteiger partial charge in [0.1, 0.15) is 0 Å². The van der Waals surface area contributed by atoms with Crippen molar-refractivity contribution in [3.05, 3.63) is 65.1 Å². The number of pyridine rings is 1. The Morgan fingerprint density at radius 2 is 2.26 bits per heavy atom. The Bertz CT molecular complexity index is 1030. The second-order valence-electron chi connectivity index (χ2n) is 6.65. The van der Waals surface area contributed by atoms with Crippen molar-refractivity contribution < 1.29 is 9.53 Å². The molecule has 1 aliphatic carbocycles. The van der Waals surface area contributed by atoms with Gasteiger partial charge in [0.25, 0.3) is 0 Å². The molecule has 1 amide bonds. The monoisotopic (exact) mass is 360 g/mol. The summed E-state index contributed by atoms with van der Waals surface area (Å²) < 4.78 is 7.27. The number of benzene rings is 1. The predicted octanol–water partition coefficient (Wildman–Crippen LogP) is 3.17. The number of nitrogens with one attached hydrogen (secondary N) is 1. The number of amides is 1. The summed E-state index contributed by atoms with van der Waals surface area (Å²) in [7, 11) is 0. The van der Waals surface area contributed by atoms with Crippen LogP contribution < -0.4 is 5.32 Å². The molecule has 27 heavy (non-hydrogen) atoms. The van der Waals surface area contributed by atoms with Gasteiger partial charge in [0, 0.05) is 35.3 Å². The van der Waals surface area contributed by atoms with Crippen molar-refractivity contribution in [2.75, 3.05) is 6.61 Å². The molecule has 0 bridgehead atoms. The number of aromatic nitrogens is 2. The molecule has 1 aliphatic rings. The van der Waals surface area contributed by atoms with Crippen LogP contribution in [0, 0.1) is 11.3 Å². The van der Waals surface area contributed by atoms with E-state index in [1.54, 1.807) is 13.1 Å². The number of nitrogens with zero attached hydrogens (tertiary/aromatic N) is 3. The molecular weight excluding hydrogens is 340 g/mol. The van der Waals surface area contributed by atoms with Gasteiger partial charge in [-0.2, -0.15) is 5.26 Å². The van der Waals surface area contributed by atoms with E-state index in [0.717, 1.165) is 29.4 Å². The number of ether oxygens (including phenoxy) is 1. The van der Waals surface area contributed by atoms with E-state index < -0.39 is 0 Å². The lowest BCUT2D eigenvalue weighted by molar-refractivity contribution is 0.148. The van der Waals surface area contributed by atoms with Crippen LogP contribution in [0.2, 0.25) is 0 Å². The third kappa shape index (κ3) is 3.24. The van der Waals surface area contributed by atoms with Gasteiger partial charge in [-0.3, -0.25) is 4.98 Å². The molecule has 0 saturated carbocycles. The van der Waals surface area contributed by atoms with Crippen LogP contribution in [0.4, 0.5) is 4.79 Å². The largest absolute Gasteiger partial charge is 0.450 e. The summed E-state index contributed by atoms with van der Waals surface area (Å²) >= 11 is 0. The Morgan fingerprint density at radius 3 is 3.00 bits per heavy atom. The maximum atomic E-state index is 11.8. The maximum absolute atomic E-state index is 11.8. The predicted molar refractivity (Wildman–Crippen MR) is 101 cm³/mol. The van der Waals surface area contributed by atoms with Crippen LogP contribution in [0.15, 0.2) is 42.6 Å². The molecule has 6 heteroatoms. The van der Waals surface area contributed by atoms with Crippen LogP contribution in [-0.4, -0.2) is 28.3 Å². The molecule has 3 aromatic rings. The van der Waals surface area contributed by atoms with Crippen molar-refractivity contribution in [1.82, 2.24) is 14.9 Å². The molecule has 2 heterocycles. The summed E-state index contributed by atoms with van der Waals surface area (Å²) in [6.07, 6.45) is 2.87. The molecule has 0 unspecified atom stereocenters. The van der Waals surface area contributed by atoms with Crippen molar-refractivity contribution in [3.63, 3.8) is 0 Å². The van der Waals surface area contributed by atoms with Gasteiger partial charge in [0.15, 0.2) is 0 Å². The second-order valence-corrected chi connectivity index (χ2v) is 6.65. The molecule has 0 radical (unpaired) electrons. The number of fused-ring (bicyclic) bond motifs is 3. The average molecular weight is 360 g/mol. The number of carbonyl (C=O) groups excluding carboxylic acids is 1. The molecule has 4 rings (SSSR count). The van der Waals surface area contributed by atoms with Gasteiger partial charge in [0.05, 0.1) is 30.5 Å². The van der Waals surface area contributed by atoms with Gasteiger partial charge in [-0.05, 0) is 49.2 Å². The normalized spacial score (nSPS) is 15.3. The van der Waals surface area contributed by atoms with E-state index in [1.165, 1.54) is 11.3 Å². The molecule has 0 aliphatic heterocycles. The molecular formula is C21H20N4O2. The topological polar surface area (TPSA) is 79.9 Å². The first-order chi connectivity index (χ1) is 13.2. The lowest BCUT2D eigenvalue weighted by atomic mass is 10.1. The van der Waals surface area contributed by atoms with Crippen molar-refractivity contribution in [3.8, 4) is 6.07 Å². The van der Waals surface area contributed by atoms with E-state index in [9.17, 15) is 10.1 Å². The van der Waals surface area contributed by atoms with E-state index >= 15 is 0 Å². The minimum absolute atomic E-state index is 0.000764. The zero-order valence-electron chi connectivity index (χ0n) is 15.1. The Labute approximate surface area is 157 Å². The Morgan fingerprint density at radius 1 is 1.37 bits per heavy atom. The van der Waals surface area contributed by atoms with Gasteiger partial charge in [-0.1, -0.05) is 6.07 Å². The molecule has 0 fully saturated rings. The lowest BCUT2D eigenvalue weighted by Crippen LogP contribution is -2.36. The molecule has 2 aromatic heterocycles. The first kappa shape index (κ1) is 17.1. The van der Waals surface area contributed by atoms with Crippen molar-refractivity contribution in [2.45, 2.75) is 32.4 Å². The van der Waals surface area contributed by atoms with Gasteiger partial charge >= 0.3 is 6.09 Å². The van der Waals surface area contributed by atoms with Gasteiger partial charge in [-0.25, -0.2) is 4.79 Å². The summed E-state index contributed by atoms with van der Waals surface area (Å²) in [6, 6.07) is 13.9. The fraction of sp³-hybridized carbons (Fsp3) is 0.286. The first-order valence-electron chi connectivity index (χ1n) is 9.07. The third-order valence-corrected chi connectivity index (χ3v) is 4.95. The van der Waals surface area contributed by atoms with E-state index in [2.05, 4.69) is 20.9 Å². The zero-order valence-corrected chi connectivity index (χ0v) is 15.1. The molecule has 136 valence electrons. The summed E-state index contributed by atoms with van der Waals surface area (Å²) in [4.78, 5) is 16.3. The highest BCUT2D eigenvalue weighted by molar-refractivity contribution is 5.88. The minimum Gasteiger partial charge on any atom is -0.450 e. The van der Waals surface area contributed by atoms with Crippen LogP contribution in [0.25, 0.3) is 10.9 Å². The molecule has 0 saturated heterocycles. The van der Waals surface area contributed by atoms with Crippen LogP contribution in [0.3, 0.4) is 0 Å². The molecule has 6 nitrogen and oxygen atoms in total. The number of carbonyl (C=O) groups is 1. The van der Waals surface area contributed by atoms with Crippen molar-refractivity contribution in [2.24, 2.45) is 0 Å². The average Bonchev–Trinajstić information content (AvgIpc) is 3.20. The number of hydrogen-bond donors (Lipinski definition) is 1. The third-order valence-electron chi connectivity index (χ3n) is 4.95. The van der Waals surface area contributed by atoms with Crippen LogP contribution in [-0.2, 0) is 24.1 Å². The molecule has 1 N–H and O–H groups in total. The lowest BCUT2D eigenvalue weighted by Gasteiger charge is -2.14. The van der Waals surface area contributed by atoms with Crippen LogP contribution >= 0.6 is 0 Å². The van der Waals surface area contributed by atoms with Crippen LogP contribution in [0.5, 0.6) is 0 Å². The molecule has 0 spiro atoms. The number of hydrogen-bond acceptors (Lipinski definition) is 4. The molecule has 1 atom stereocenters. The summed E-state index contributed by atoms with van der Waals surface area (Å²) in [5.74, 6) is 0. The van der Waals surface area contributed by atoms with Gasteiger partial charge in [0.2, 0.25) is 0 Å². The van der Waals surface area contributed by atoms with E-state index in [4.69, 9.17) is 4.74 Å². The maximum Gasteiger partial charge on any atom is 0.407 e. The quantitative estimate of drug-likeness (QED) is 0.775. The van der Waals surface area contributed by atoms with E-state index in [0.29, 0.717) is 18.7 Å². The fourth-order valence-corrected chi connectivity index (χ4v) is 3.84. The van der Waals surface area contributed by atoms with Gasteiger partial charge in [-0.15, -0.1) is 0 Å². The number of nitriles is 1. The van der Waals surface area contributed by atoms with E-state index in [1.807, 2.05) is 36.4 Å². The molecule has 1 aromatic carbocycles. The number of alkyl carbamates (subject to hydrolysis) is 1. The zero-order chi connectivity index (χ0) is 18.8. The minimum atomic E-state index is -0.383. The van der Waals surface area contributed by atoms with Crippen LogP contribution in [0.1, 0.15) is 29.4 Å². The highest BCUT2D eigenvalue weighted by Crippen LogP contribution is 2.34. The summed E-state index contributed by atoms with van der Waals surface area (Å²) in [5, 5.41) is 13.3. The standard InChI is InChI=1S/C21H20N4O2/c1-2-27-21(26)24-16-10-18-17-9-14(12-22)6-7-19(17)25(20(18)11-16)13-15-5-3-4-8-23-15/h3-9,16H,2,10-11,13H2,1H3,(H,24,26)/t16-/m0/s1. The smallest absolute Gasteiger partial charge is 0.407 e. The highest BCUT2D eigenvalue weighted by atomic mass is 16.5. The second kappa shape index (κ2) is 7.12. The fourth-order valence-electron chi connectivity index (χ4n) is 3.84. The summed E-state index contributed by atoms with van der Waals surface area (Å²) in [5.41, 5.74) is 5.09. The number of rotatable bonds is 4. The Kier molecular flexibility index (Phi) is 4.51. The van der Waals surface area contributed by atoms with E-state index in [-0.39, 0.29) is 12.1 Å². The summed E-state index contributed by atoms with van der Waals surface area (Å²) in [6.45, 7) is 2.80. The first-order valence-corrected chi connectivity index (χ1v) is 9.07. The van der Waals surface area contributed by atoms with Crippen molar-refractivity contribution in [1.29, 1.82) is 5.26 Å². The van der Waals surface area contributed by atoms with Gasteiger partial charge < -0.3 is 14.6 Å². The Balaban J connectivity index is 1.73. The van der Waals surface area contributed by atoms with Crippen molar-refractivity contribution >= 4 is 17.0 Å². The SMILES string of the molecule is CCOC(=O)N[C@H]1Cc2c(n(Cc3ccccn3)c3ccc(C#N)cc23)C1.